The molecule has 0 unspecified atom stereocenters. The molecule has 1 amide bonds. The van der Waals surface area contributed by atoms with Gasteiger partial charge < -0.3 is 15.7 Å². The SMILES string of the molecule is CNCC(=O)NCCc1cccc(C(=O)O)c1.Cl. The van der Waals surface area contributed by atoms with Gasteiger partial charge in [-0.1, -0.05) is 12.1 Å². The topological polar surface area (TPSA) is 78.4 Å². The van der Waals surface area contributed by atoms with Gasteiger partial charge in [0.2, 0.25) is 5.91 Å². The molecule has 0 aliphatic heterocycles. The van der Waals surface area contributed by atoms with E-state index in [0.29, 0.717) is 13.0 Å². The Kier molecular flexibility index (Phi) is 7.74. The van der Waals surface area contributed by atoms with Crippen LogP contribution in [0.1, 0.15) is 15.9 Å². The van der Waals surface area contributed by atoms with Crippen molar-refractivity contribution >= 4 is 24.3 Å². The molecule has 5 nitrogen and oxygen atoms in total. The zero-order chi connectivity index (χ0) is 12.7. The largest absolute Gasteiger partial charge is 0.478 e. The van der Waals surface area contributed by atoms with Crippen LogP contribution >= 0.6 is 12.4 Å². The van der Waals surface area contributed by atoms with Crippen LogP contribution in [0.5, 0.6) is 0 Å². The third-order valence-corrected chi connectivity index (χ3v) is 2.25. The molecule has 0 atom stereocenters. The Bertz CT molecular complexity index is 410. The Morgan fingerprint density at radius 2 is 2.06 bits per heavy atom. The highest BCUT2D eigenvalue weighted by Crippen LogP contribution is 2.05. The highest BCUT2D eigenvalue weighted by atomic mass is 35.5. The number of carbonyl (C=O) groups excluding carboxylic acids is 1. The minimum Gasteiger partial charge on any atom is -0.478 e. The number of amides is 1. The maximum atomic E-state index is 11.1. The second-order valence-electron chi connectivity index (χ2n) is 3.64. The van der Waals surface area contributed by atoms with Crippen molar-refractivity contribution in [2.75, 3.05) is 20.1 Å². The van der Waals surface area contributed by atoms with Crippen molar-refractivity contribution in [1.82, 2.24) is 10.6 Å². The predicted molar refractivity (Wildman–Crippen MR) is 71.3 cm³/mol. The van der Waals surface area contributed by atoms with Gasteiger partial charge in [-0.25, -0.2) is 4.79 Å². The average Bonchev–Trinajstić information content (AvgIpc) is 2.30. The molecule has 3 N–H and O–H groups in total. The van der Waals surface area contributed by atoms with Crippen molar-refractivity contribution in [1.29, 1.82) is 0 Å². The van der Waals surface area contributed by atoms with Crippen LogP contribution in [-0.4, -0.2) is 37.1 Å². The Morgan fingerprint density at radius 1 is 1.33 bits per heavy atom. The van der Waals surface area contributed by atoms with Gasteiger partial charge in [-0.05, 0) is 31.2 Å². The minimum absolute atomic E-state index is 0. The van der Waals surface area contributed by atoms with Crippen molar-refractivity contribution in [3.05, 3.63) is 35.4 Å². The fourth-order valence-electron chi connectivity index (χ4n) is 1.43. The zero-order valence-corrected chi connectivity index (χ0v) is 10.9. The Labute approximate surface area is 112 Å². The highest BCUT2D eigenvalue weighted by molar-refractivity contribution is 5.87. The van der Waals surface area contributed by atoms with E-state index < -0.39 is 5.97 Å². The van der Waals surface area contributed by atoms with Crippen molar-refractivity contribution in [2.24, 2.45) is 0 Å². The molecule has 6 heteroatoms. The summed E-state index contributed by atoms with van der Waals surface area (Å²) < 4.78 is 0. The third-order valence-electron chi connectivity index (χ3n) is 2.25. The van der Waals surface area contributed by atoms with Gasteiger partial charge in [0.15, 0.2) is 0 Å². The van der Waals surface area contributed by atoms with Crippen LogP contribution in [0, 0.1) is 0 Å². The molecule has 0 radical (unpaired) electrons. The van der Waals surface area contributed by atoms with E-state index in [0.717, 1.165) is 5.56 Å². The van der Waals surface area contributed by atoms with Crippen LogP contribution in [0.2, 0.25) is 0 Å². The van der Waals surface area contributed by atoms with Gasteiger partial charge in [0.05, 0.1) is 12.1 Å². The van der Waals surface area contributed by atoms with E-state index in [1.54, 1.807) is 25.2 Å². The molecule has 18 heavy (non-hydrogen) atoms. The van der Waals surface area contributed by atoms with E-state index in [1.807, 2.05) is 6.07 Å². The van der Waals surface area contributed by atoms with E-state index in [4.69, 9.17) is 5.11 Å². The molecule has 0 heterocycles. The monoisotopic (exact) mass is 272 g/mol. The first-order valence-electron chi connectivity index (χ1n) is 5.37. The van der Waals surface area contributed by atoms with Crippen LogP contribution in [0.4, 0.5) is 0 Å². The molecule has 0 fully saturated rings. The molecule has 0 bridgehead atoms. The van der Waals surface area contributed by atoms with Crippen LogP contribution in [0.25, 0.3) is 0 Å². The lowest BCUT2D eigenvalue weighted by atomic mass is 10.1. The van der Waals surface area contributed by atoms with Gasteiger partial charge in [0.25, 0.3) is 0 Å². The van der Waals surface area contributed by atoms with Gasteiger partial charge >= 0.3 is 5.97 Å². The molecule has 1 aromatic carbocycles. The summed E-state index contributed by atoms with van der Waals surface area (Å²) in [4.78, 5) is 21.9. The molecule has 0 saturated carbocycles. The van der Waals surface area contributed by atoms with E-state index >= 15 is 0 Å². The molecule has 0 spiro atoms. The summed E-state index contributed by atoms with van der Waals surface area (Å²) in [5.74, 6) is -1.01. The maximum absolute atomic E-state index is 11.1. The lowest BCUT2D eigenvalue weighted by Crippen LogP contribution is -2.33. The number of likely N-dealkylation sites (N-methyl/N-ethyl adjacent to an activating group) is 1. The summed E-state index contributed by atoms with van der Waals surface area (Å²) in [5.41, 5.74) is 1.17. The summed E-state index contributed by atoms with van der Waals surface area (Å²) in [6, 6.07) is 6.71. The summed E-state index contributed by atoms with van der Waals surface area (Å²) >= 11 is 0. The molecule has 0 saturated heterocycles. The Morgan fingerprint density at radius 3 is 2.67 bits per heavy atom. The van der Waals surface area contributed by atoms with Crippen molar-refractivity contribution in [3.8, 4) is 0 Å². The van der Waals surface area contributed by atoms with E-state index in [9.17, 15) is 9.59 Å². The Balaban J connectivity index is 0.00000289. The number of hydrogen-bond acceptors (Lipinski definition) is 3. The summed E-state index contributed by atoms with van der Waals surface area (Å²) in [7, 11) is 1.70. The van der Waals surface area contributed by atoms with Gasteiger partial charge in [0, 0.05) is 6.54 Å². The van der Waals surface area contributed by atoms with Crippen molar-refractivity contribution in [3.63, 3.8) is 0 Å². The number of benzene rings is 1. The molecule has 0 aromatic heterocycles. The minimum atomic E-state index is -0.939. The van der Waals surface area contributed by atoms with Crippen LogP contribution in [-0.2, 0) is 11.2 Å². The van der Waals surface area contributed by atoms with Crippen molar-refractivity contribution in [2.45, 2.75) is 6.42 Å². The summed E-state index contributed by atoms with van der Waals surface area (Å²) in [5, 5.41) is 14.3. The number of carboxylic acids is 1. The molecule has 0 aliphatic carbocycles. The number of nitrogens with one attached hydrogen (secondary N) is 2. The fraction of sp³-hybridized carbons (Fsp3) is 0.333. The standard InChI is InChI=1S/C12H16N2O3.ClH/c1-13-8-11(15)14-6-5-9-3-2-4-10(7-9)12(16)17;/h2-4,7,13H,5-6,8H2,1H3,(H,14,15)(H,16,17);1H. The summed E-state index contributed by atoms with van der Waals surface area (Å²) in [6.07, 6.45) is 0.622. The smallest absolute Gasteiger partial charge is 0.335 e. The zero-order valence-electron chi connectivity index (χ0n) is 10.1. The third kappa shape index (κ3) is 5.65. The number of rotatable bonds is 6. The first-order chi connectivity index (χ1) is 8.13. The highest BCUT2D eigenvalue weighted by Gasteiger charge is 2.03. The fourth-order valence-corrected chi connectivity index (χ4v) is 1.43. The van der Waals surface area contributed by atoms with E-state index in [2.05, 4.69) is 10.6 Å². The molecular weight excluding hydrogens is 256 g/mol. The summed E-state index contributed by atoms with van der Waals surface area (Å²) in [6.45, 7) is 0.790. The van der Waals surface area contributed by atoms with E-state index in [1.165, 1.54) is 0 Å². The lowest BCUT2D eigenvalue weighted by molar-refractivity contribution is -0.120. The second-order valence-corrected chi connectivity index (χ2v) is 3.64. The van der Waals surface area contributed by atoms with Gasteiger partial charge in [-0.2, -0.15) is 0 Å². The number of halogens is 1. The maximum Gasteiger partial charge on any atom is 0.335 e. The van der Waals surface area contributed by atoms with E-state index in [-0.39, 0.29) is 30.4 Å². The second kappa shape index (κ2) is 8.49. The molecular formula is C12H17ClN2O3. The lowest BCUT2D eigenvalue weighted by Gasteiger charge is -2.05. The van der Waals surface area contributed by atoms with Crippen LogP contribution in [0.15, 0.2) is 24.3 Å². The van der Waals surface area contributed by atoms with Gasteiger partial charge in [0.1, 0.15) is 0 Å². The first-order valence-corrected chi connectivity index (χ1v) is 5.37. The predicted octanol–water partition coefficient (Wildman–Crippen LogP) is 0.685. The quantitative estimate of drug-likeness (QED) is 0.712. The molecule has 100 valence electrons. The number of hydrogen-bond donors (Lipinski definition) is 3. The van der Waals surface area contributed by atoms with Gasteiger partial charge in [-0.3, -0.25) is 4.79 Å². The molecule has 0 aliphatic rings. The van der Waals surface area contributed by atoms with Gasteiger partial charge in [-0.15, -0.1) is 12.4 Å². The average molecular weight is 273 g/mol. The Hall–Kier alpha value is -1.59. The molecule has 1 rings (SSSR count). The normalized spacial score (nSPS) is 9.39. The first kappa shape index (κ1) is 16.4. The molecule has 1 aromatic rings. The number of aromatic carboxylic acids is 1. The number of carbonyl (C=O) groups is 2. The van der Waals surface area contributed by atoms with Crippen LogP contribution < -0.4 is 10.6 Å². The van der Waals surface area contributed by atoms with Crippen molar-refractivity contribution < 1.29 is 14.7 Å². The number of carboxylic acid groups (broad SMARTS) is 1. The van der Waals surface area contributed by atoms with Crippen LogP contribution in [0.3, 0.4) is 0 Å².